The number of carboxylic acids is 1. The van der Waals surface area contributed by atoms with Crippen molar-refractivity contribution in [3.63, 3.8) is 0 Å². The van der Waals surface area contributed by atoms with Crippen LogP contribution in [-0.2, 0) is 4.79 Å². The van der Waals surface area contributed by atoms with Crippen LogP contribution in [0.3, 0.4) is 0 Å². The molecule has 21 heavy (non-hydrogen) atoms. The third kappa shape index (κ3) is 3.47. The molecule has 1 aromatic carbocycles. The van der Waals surface area contributed by atoms with Gasteiger partial charge in [-0.3, -0.25) is 9.69 Å². The summed E-state index contributed by atoms with van der Waals surface area (Å²) < 4.78 is 10.7. The van der Waals surface area contributed by atoms with E-state index in [0.29, 0.717) is 0 Å². The lowest BCUT2D eigenvalue weighted by Gasteiger charge is -2.31. The summed E-state index contributed by atoms with van der Waals surface area (Å²) in [5.41, 5.74) is 1.04. The molecule has 1 aliphatic heterocycles. The highest BCUT2D eigenvalue weighted by atomic mass is 16.5. The van der Waals surface area contributed by atoms with Gasteiger partial charge in [-0.2, -0.15) is 0 Å². The maximum Gasteiger partial charge on any atom is 0.304 e. The molecule has 0 radical (unpaired) electrons. The molecule has 0 bridgehead atoms. The average Bonchev–Trinajstić information content (AvgIpc) is 2.93. The smallest absolute Gasteiger partial charge is 0.304 e. The van der Waals surface area contributed by atoms with E-state index in [0.717, 1.165) is 36.4 Å². The monoisotopic (exact) mass is 293 g/mol. The predicted octanol–water partition coefficient (Wildman–Crippen LogP) is 2.70. The molecule has 1 aromatic rings. The Bertz CT molecular complexity index is 503. The van der Waals surface area contributed by atoms with Crippen molar-refractivity contribution >= 4 is 5.97 Å². The second kappa shape index (κ2) is 6.80. The molecule has 116 valence electrons. The van der Waals surface area contributed by atoms with Crippen LogP contribution < -0.4 is 9.47 Å². The largest absolute Gasteiger partial charge is 0.497 e. The standard InChI is InChI=1S/C16H23NO4/c1-11(17-8-4-5-12(17)9-16(18)19)14-10-13(20-2)6-7-15(14)21-3/h6-7,10-12H,4-5,8-9H2,1-3H3,(H,18,19). The van der Waals surface area contributed by atoms with Gasteiger partial charge in [0.05, 0.1) is 20.6 Å². The number of rotatable bonds is 6. The Kier molecular flexibility index (Phi) is 5.07. The van der Waals surface area contributed by atoms with Crippen molar-refractivity contribution in [2.24, 2.45) is 0 Å². The van der Waals surface area contributed by atoms with Gasteiger partial charge in [-0.1, -0.05) is 0 Å². The van der Waals surface area contributed by atoms with E-state index in [2.05, 4.69) is 11.8 Å². The van der Waals surface area contributed by atoms with Crippen molar-refractivity contribution in [2.45, 2.75) is 38.3 Å². The average molecular weight is 293 g/mol. The summed E-state index contributed by atoms with van der Waals surface area (Å²) in [5.74, 6) is 0.854. The molecule has 2 rings (SSSR count). The first-order valence-electron chi connectivity index (χ1n) is 7.26. The van der Waals surface area contributed by atoms with Crippen molar-refractivity contribution < 1.29 is 19.4 Å². The fraction of sp³-hybridized carbons (Fsp3) is 0.562. The van der Waals surface area contributed by atoms with Crippen LogP contribution in [0.25, 0.3) is 0 Å². The van der Waals surface area contributed by atoms with Crippen LogP contribution >= 0.6 is 0 Å². The van der Waals surface area contributed by atoms with Gasteiger partial charge >= 0.3 is 5.97 Å². The van der Waals surface area contributed by atoms with Crippen LogP contribution in [0.5, 0.6) is 11.5 Å². The lowest BCUT2D eigenvalue weighted by molar-refractivity contribution is -0.138. The fourth-order valence-electron chi connectivity index (χ4n) is 3.13. The van der Waals surface area contributed by atoms with Crippen molar-refractivity contribution in [1.82, 2.24) is 4.90 Å². The van der Waals surface area contributed by atoms with Gasteiger partial charge in [0.1, 0.15) is 11.5 Å². The molecule has 0 saturated carbocycles. The Morgan fingerprint density at radius 2 is 2.19 bits per heavy atom. The molecule has 2 unspecified atom stereocenters. The number of methoxy groups -OCH3 is 2. The minimum atomic E-state index is -0.739. The van der Waals surface area contributed by atoms with E-state index in [1.165, 1.54) is 0 Å². The van der Waals surface area contributed by atoms with E-state index >= 15 is 0 Å². The number of carboxylic acid groups (broad SMARTS) is 1. The Labute approximate surface area is 125 Å². The summed E-state index contributed by atoms with van der Waals surface area (Å²) in [7, 11) is 3.29. The minimum absolute atomic E-state index is 0.0911. The number of hydrogen-bond acceptors (Lipinski definition) is 4. The molecule has 0 amide bonds. The van der Waals surface area contributed by atoms with E-state index in [-0.39, 0.29) is 18.5 Å². The molecule has 5 nitrogen and oxygen atoms in total. The molecule has 1 aliphatic rings. The number of benzene rings is 1. The number of nitrogens with zero attached hydrogens (tertiary/aromatic N) is 1. The number of aliphatic carboxylic acids is 1. The minimum Gasteiger partial charge on any atom is -0.497 e. The van der Waals surface area contributed by atoms with Crippen LogP contribution in [0, 0.1) is 0 Å². The molecule has 5 heteroatoms. The van der Waals surface area contributed by atoms with E-state index in [1.54, 1.807) is 14.2 Å². The molecular formula is C16H23NO4. The Hall–Kier alpha value is -1.75. The highest BCUT2D eigenvalue weighted by Gasteiger charge is 2.32. The van der Waals surface area contributed by atoms with Gasteiger partial charge < -0.3 is 14.6 Å². The normalized spacial score (nSPS) is 20.2. The van der Waals surface area contributed by atoms with Gasteiger partial charge in [-0.05, 0) is 44.5 Å². The summed E-state index contributed by atoms with van der Waals surface area (Å²) in [6.45, 7) is 3.01. The van der Waals surface area contributed by atoms with Gasteiger partial charge in [0.25, 0.3) is 0 Å². The summed E-state index contributed by atoms with van der Waals surface area (Å²) >= 11 is 0. The third-order valence-corrected chi connectivity index (χ3v) is 4.22. The van der Waals surface area contributed by atoms with E-state index in [9.17, 15) is 4.79 Å². The van der Waals surface area contributed by atoms with Gasteiger partial charge in [0.15, 0.2) is 0 Å². The second-order valence-corrected chi connectivity index (χ2v) is 5.42. The maximum atomic E-state index is 11.0. The van der Waals surface area contributed by atoms with E-state index in [1.807, 2.05) is 18.2 Å². The zero-order chi connectivity index (χ0) is 15.4. The SMILES string of the molecule is COc1ccc(OC)c(C(C)N2CCCC2CC(=O)O)c1. The van der Waals surface area contributed by atoms with Crippen molar-refractivity contribution in [3.8, 4) is 11.5 Å². The molecule has 0 aliphatic carbocycles. The van der Waals surface area contributed by atoms with Gasteiger partial charge in [0, 0.05) is 17.6 Å². The van der Waals surface area contributed by atoms with Gasteiger partial charge in [-0.25, -0.2) is 0 Å². The van der Waals surface area contributed by atoms with Crippen LogP contribution in [-0.4, -0.2) is 42.8 Å². The lowest BCUT2D eigenvalue weighted by Crippen LogP contribution is -2.33. The highest BCUT2D eigenvalue weighted by Crippen LogP contribution is 2.36. The quantitative estimate of drug-likeness (QED) is 0.874. The summed E-state index contributed by atoms with van der Waals surface area (Å²) in [4.78, 5) is 13.3. The van der Waals surface area contributed by atoms with Gasteiger partial charge in [0.2, 0.25) is 0 Å². The lowest BCUT2D eigenvalue weighted by atomic mass is 10.0. The van der Waals surface area contributed by atoms with Crippen LogP contribution in [0.1, 0.15) is 37.8 Å². The van der Waals surface area contributed by atoms with E-state index < -0.39 is 5.97 Å². The Morgan fingerprint density at radius 1 is 1.43 bits per heavy atom. The number of carbonyl (C=O) groups is 1. The van der Waals surface area contributed by atoms with Crippen molar-refractivity contribution in [2.75, 3.05) is 20.8 Å². The molecular weight excluding hydrogens is 270 g/mol. The number of ether oxygens (including phenoxy) is 2. The van der Waals surface area contributed by atoms with Crippen LogP contribution in [0.4, 0.5) is 0 Å². The fourth-order valence-corrected chi connectivity index (χ4v) is 3.13. The first-order valence-corrected chi connectivity index (χ1v) is 7.26. The first kappa shape index (κ1) is 15.6. The Morgan fingerprint density at radius 3 is 2.81 bits per heavy atom. The topological polar surface area (TPSA) is 59.0 Å². The van der Waals surface area contributed by atoms with E-state index in [4.69, 9.17) is 14.6 Å². The molecule has 1 saturated heterocycles. The van der Waals surface area contributed by atoms with Crippen LogP contribution in [0.2, 0.25) is 0 Å². The zero-order valence-electron chi connectivity index (χ0n) is 12.8. The molecule has 1 fully saturated rings. The Balaban J connectivity index is 2.25. The summed E-state index contributed by atoms with van der Waals surface area (Å²) in [6.07, 6.45) is 2.16. The van der Waals surface area contributed by atoms with Crippen molar-refractivity contribution in [1.29, 1.82) is 0 Å². The summed E-state index contributed by atoms with van der Waals surface area (Å²) in [6, 6.07) is 5.93. The van der Waals surface area contributed by atoms with Gasteiger partial charge in [-0.15, -0.1) is 0 Å². The number of hydrogen-bond donors (Lipinski definition) is 1. The molecule has 0 aromatic heterocycles. The summed E-state index contributed by atoms with van der Waals surface area (Å²) in [5, 5.41) is 9.06. The molecule has 2 atom stereocenters. The third-order valence-electron chi connectivity index (χ3n) is 4.22. The predicted molar refractivity (Wildman–Crippen MR) is 79.9 cm³/mol. The maximum absolute atomic E-state index is 11.0. The second-order valence-electron chi connectivity index (χ2n) is 5.42. The highest BCUT2D eigenvalue weighted by molar-refractivity contribution is 5.67. The number of likely N-dealkylation sites (tertiary alicyclic amines) is 1. The van der Waals surface area contributed by atoms with Crippen molar-refractivity contribution in [3.05, 3.63) is 23.8 Å². The zero-order valence-corrected chi connectivity index (χ0v) is 12.8. The molecule has 1 N–H and O–H groups in total. The first-order chi connectivity index (χ1) is 10.1. The molecule has 1 heterocycles. The van der Waals surface area contributed by atoms with Crippen LogP contribution in [0.15, 0.2) is 18.2 Å². The molecule has 0 spiro atoms.